The van der Waals surface area contributed by atoms with Crippen molar-refractivity contribution in [2.45, 2.75) is 12.8 Å². The van der Waals surface area contributed by atoms with E-state index in [2.05, 4.69) is 5.32 Å². The maximum Gasteiger partial charge on any atom is 0.407 e. The van der Waals surface area contributed by atoms with Crippen molar-refractivity contribution in [2.75, 3.05) is 39.9 Å². The first kappa shape index (κ1) is 12.3. The van der Waals surface area contributed by atoms with Gasteiger partial charge in [-0.3, -0.25) is 0 Å². The molecule has 1 amide bonds. The Hall–Kier alpha value is -0.810. The number of rotatable bonds is 5. The summed E-state index contributed by atoms with van der Waals surface area (Å²) >= 11 is 0. The average Bonchev–Trinajstić information content (AvgIpc) is 2.25. The fourth-order valence-corrected chi connectivity index (χ4v) is 1.60. The first-order chi connectivity index (χ1) is 7.20. The number of hydrogen-bond acceptors (Lipinski definition) is 3. The Morgan fingerprint density at radius 2 is 2.20 bits per heavy atom. The highest BCUT2D eigenvalue weighted by Crippen LogP contribution is 2.11. The topological polar surface area (TPSA) is 61.8 Å². The van der Waals surface area contributed by atoms with Crippen LogP contribution >= 0.6 is 0 Å². The second-order valence-corrected chi connectivity index (χ2v) is 3.97. The number of likely N-dealkylation sites (N-methyl/N-ethyl adjacent to an activating group) is 1. The number of nitrogens with zero attached hydrogens (tertiary/aromatic N) is 1. The number of nitrogens with one attached hydrogen (secondary N) is 1. The van der Waals surface area contributed by atoms with Gasteiger partial charge in [0.05, 0.1) is 6.61 Å². The van der Waals surface area contributed by atoms with Crippen LogP contribution in [0.25, 0.3) is 0 Å². The molecule has 15 heavy (non-hydrogen) atoms. The zero-order valence-corrected chi connectivity index (χ0v) is 9.24. The molecule has 0 radical (unpaired) electrons. The molecular formula is C10H20N2O3. The standard InChI is InChI=1S/C10H20N2O3/c1-12(10(13)14)6-7-15-8-9-2-4-11-5-3-9/h9,11H,2-8H2,1H3,(H,13,14). The molecule has 0 aromatic rings. The van der Waals surface area contributed by atoms with Crippen molar-refractivity contribution >= 4 is 6.09 Å². The molecule has 1 saturated heterocycles. The fourth-order valence-electron chi connectivity index (χ4n) is 1.60. The van der Waals surface area contributed by atoms with Gasteiger partial charge in [-0.05, 0) is 31.8 Å². The Balaban J connectivity index is 1.98. The lowest BCUT2D eigenvalue weighted by molar-refractivity contribution is 0.0717. The lowest BCUT2D eigenvalue weighted by Crippen LogP contribution is -2.32. The van der Waals surface area contributed by atoms with Crippen molar-refractivity contribution in [3.63, 3.8) is 0 Å². The molecule has 0 saturated carbocycles. The molecule has 0 spiro atoms. The van der Waals surface area contributed by atoms with Gasteiger partial charge >= 0.3 is 6.09 Å². The van der Waals surface area contributed by atoms with E-state index < -0.39 is 6.09 Å². The number of carboxylic acid groups (broad SMARTS) is 1. The molecule has 88 valence electrons. The van der Waals surface area contributed by atoms with Crippen LogP contribution < -0.4 is 5.32 Å². The van der Waals surface area contributed by atoms with E-state index in [1.54, 1.807) is 7.05 Å². The van der Waals surface area contributed by atoms with Gasteiger partial charge in [-0.25, -0.2) is 4.79 Å². The van der Waals surface area contributed by atoms with Gasteiger partial charge in [-0.15, -0.1) is 0 Å². The van der Waals surface area contributed by atoms with Gasteiger partial charge < -0.3 is 20.1 Å². The third-order valence-corrected chi connectivity index (χ3v) is 2.71. The van der Waals surface area contributed by atoms with Crippen LogP contribution in [-0.2, 0) is 4.74 Å². The highest BCUT2D eigenvalue weighted by Gasteiger charge is 2.13. The summed E-state index contributed by atoms with van der Waals surface area (Å²) < 4.78 is 5.46. The van der Waals surface area contributed by atoms with Gasteiger partial charge in [0.2, 0.25) is 0 Å². The van der Waals surface area contributed by atoms with Crippen molar-refractivity contribution in [3.05, 3.63) is 0 Å². The highest BCUT2D eigenvalue weighted by molar-refractivity contribution is 5.64. The molecule has 0 aromatic heterocycles. The summed E-state index contributed by atoms with van der Waals surface area (Å²) in [5.74, 6) is 0.640. The molecule has 1 aliphatic rings. The second kappa shape index (κ2) is 6.63. The van der Waals surface area contributed by atoms with Gasteiger partial charge in [0.15, 0.2) is 0 Å². The maximum atomic E-state index is 10.5. The molecule has 5 nitrogen and oxygen atoms in total. The van der Waals surface area contributed by atoms with Crippen molar-refractivity contribution in [2.24, 2.45) is 5.92 Å². The number of carbonyl (C=O) groups is 1. The highest BCUT2D eigenvalue weighted by atomic mass is 16.5. The summed E-state index contributed by atoms with van der Waals surface area (Å²) in [4.78, 5) is 11.7. The number of piperidine rings is 1. The van der Waals surface area contributed by atoms with Crippen LogP contribution in [0.5, 0.6) is 0 Å². The van der Waals surface area contributed by atoms with Crippen LogP contribution in [0.4, 0.5) is 4.79 Å². The molecule has 1 fully saturated rings. The summed E-state index contributed by atoms with van der Waals surface area (Å²) in [7, 11) is 1.55. The Kier molecular flexibility index (Phi) is 5.42. The van der Waals surface area contributed by atoms with Crippen molar-refractivity contribution in [1.29, 1.82) is 0 Å². The minimum atomic E-state index is -0.902. The summed E-state index contributed by atoms with van der Waals surface area (Å²) in [6.45, 7) is 3.84. The molecule has 1 aliphatic heterocycles. The van der Waals surface area contributed by atoms with Gasteiger partial charge in [-0.2, -0.15) is 0 Å². The van der Waals surface area contributed by atoms with Gasteiger partial charge in [0.25, 0.3) is 0 Å². The molecule has 0 atom stereocenters. The number of amides is 1. The van der Waals surface area contributed by atoms with E-state index in [1.165, 1.54) is 4.90 Å². The number of ether oxygens (including phenoxy) is 1. The van der Waals surface area contributed by atoms with E-state index in [0.29, 0.717) is 19.1 Å². The summed E-state index contributed by atoms with van der Waals surface area (Å²) in [6.07, 6.45) is 1.42. The van der Waals surface area contributed by atoms with E-state index >= 15 is 0 Å². The van der Waals surface area contributed by atoms with Crippen LogP contribution in [0.3, 0.4) is 0 Å². The van der Waals surface area contributed by atoms with Gasteiger partial charge in [0.1, 0.15) is 0 Å². The van der Waals surface area contributed by atoms with Crippen LogP contribution in [0.15, 0.2) is 0 Å². The van der Waals surface area contributed by atoms with Crippen molar-refractivity contribution in [3.8, 4) is 0 Å². The normalized spacial score (nSPS) is 17.7. The number of hydrogen-bond donors (Lipinski definition) is 2. The average molecular weight is 216 g/mol. The first-order valence-electron chi connectivity index (χ1n) is 5.42. The van der Waals surface area contributed by atoms with Crippen LogP contribution in [0.2, 0.25) is 0 Å². The lowest BCUT2D eigenvalue weighted by Gasteiger charge is -2.22. The predicted octanol–water partition coefficient (Wildman–Crippen LogP) is 0.612. The summed E-state index contributed by atoms with van der Waals surface area (Å²) in [5.41, 5.74) is 0. The van der Waals surface area contributed by atoms with Gasteiger partial charge in [-0.1, -0.05) is 0 Å². The lowest BCUT2D eigenvalue weighted by atomic mass is 9.99. The molecule has 1 heterocycles. The third kappa shape index (κ3) is 4.99. The van der Waals surface area contributed by atoms with Crippen LogP contribution in [0.1, 0.15) is 12.8 Å². The molecule has 0 aromatic carbocycles. The van der Waals surface area contributed by atoms with Crippen molar-refractivity contribution in [1.82, 2.24) is 10.2 Å². The van der Waals surface area contributed by atoms with Gasteiger partial charge in [0, 0.05) is 20.2 Å². The Morgan fingerprint density at radius 3 is 2.80 bits per heavy atom. The maximum absolute atomic E-state index is 10.5. The Bertz CT molecular complexity index is 193. The predicted molar refractivity (Wildman–Crippen MR) is 57.1 cm³/mol. The zero-order valence-electron chi connectivity index (χ0n) is 9.24. The quantitative estimate of drug-likeness (QED) is 0.661. The third-order valence-electron chi connectivity index (χ3n) is 2.71. The molecule has 0 unspecified atom stereocenters. The van der Waals surface area contributed by atoms with E-state index in [4.69, 9.17) is 9.84 Å². The molecule has 0 aliphatic carbocycles. The molecule has 2 N–H and O–H groups in total. The second-order valence-electron chi connectivity index (χ2n) is 3.97. The van der Waals surface area contributed by atoms with E-state index in [1.807, 2.05) is 0 Å². The van der Waals surface area contributed by atoms with Crippen LogP contribution in [-0.4, -0.2) is 56.0 Å². The first-order valence-corrected chi connectivity index (χ1v) is 5.42. The van der Waals surface area contributed by atoms with E-state index in [-0.39, 0.29) is 0 Å². The van der Waals surface area contributed by atoms with E-state index in [0.717, 1.165) is 32.5 Å². The molecule has 1 rings (SSSR count). The van der Waals surface area contributed by atoms with Crippen LogP contribution in [0, 0.1) is 5.92 Å². The SMILES string of the molecule is CN(CCOCC1CCNCC1)C(=O)O. The Morgan fingerprint density at radius 1 is 1.53 bits per heavy atom. The molecule has 0 bridgehead atoms. The zero-order chi connectivity index (χ0) is 11.1. The monoisotopic (exact) mass is 216 g/mol. The fraction of sp³-hybridized carbons (Fsp3) is 0.900. The summed E-state index contributed by atoms with van der Waals surface area (Å²) in [6, 6.07) is 0. The minimum Gasteiger partial charge on any atom is -0.465 e. The largest absolute Gasteiger partial charge is 0.465 e. The van der Waals surface area contributed by atoms with Crippen molar-refractivity contribution < 1.29 is 14.6 Å². The Labute approximate surface area is 90.4 Å². The minimum absolute atomic E-state index is 0.445. The molecule has 5 heteroatoms. The smallest absolute Gasteiger partial charge is 0.407 e. The molecular weight excluding hydrogens is 196 g/mol. The van der Waals surface area contributed by atoms with E-state index in [9.17, 15) is 4.79 Å². The summed E-state index contributed by atoms with van der Waals surface area (Å²) in [5, 5.41) is 11.9.